The van der Waals surface area contributed by atoms with Gasteiger partial charge in [0.25, 0.3) is 5.69 Å². The molecule has 0 atom stereocenters. The van der Waals surface area contributed by atoms with Gasteiger partial charge in [-0.3, -0.25) is 14.9 Å². The molecule has 0 bridgehead atoms. The van der Waals surface area contributed by atoms with Crippen molar-refractivity contribution in [3.63, 3.8) is 0 Å². The molecule has 9 heteroatoms. The van der Waals surface area contributed by atoms with Gasteiger partial charge >= 0.3 is 12.1 Å². The summed E-state index contributed by atoms with van der Waals surface area (Å²) in [4.78, 5) is 37.4. The number of nitro groups is 1. The Morgan fingerprint density at radius 1 is 0.919 bits per heavy atom. The monoisotopic (exact) mass is 506 g/mol. The molecule has 0 unspecified atom stereocenters. The molecule has 0 radical (unpaired) electrons. The molecule has 0 aliphatic rings. The number of methoxy groups -OCH3 is 1. The Labute approximate surface area is 215 Å². The summed E-state index contributed by atoms with van der Waals surface area (Å²) in [5.41, 5.74) is 3.28. The molecule has 3 rings (SSSR count). The Hall–Kier alpha value is -4.40. The van der Waals surface area contributed by atoms with E-state index in [1.54, 1.807) is 38.1 Å². The van der Waals surface area contributed by atoms with Gasteiger partial charge in [-0.2, -0.15) is 0 Å². The van der Waals surface area contributed by atoms with Gasteiger partial charge in [0, 0.05) is 30.8 Å². The summed E-state index contributed by atoms with van der Waals surface area (Å²) in [6.07, 6.45) is -0.466. The van der Waals surface area contributed by atoms with Crippen molar-refractivity contribution < 1.29 is 28.7 Å². The molecule has 0 heterocycles. The van der Waals surface area contributed by atoms with Gasteiger partial charge in [-0.05, 0) is 54.3 Å². The number of nitrogens with zero attached hydrogens (tertiary/aromatic N) is 2. The smallest absolute Gasteiger partial charge is 0.410 e. The Morgan fingerprint density at radius 3 is 2.32 bits per heavy atom. The van der Waals surface area contributed by atoms with E-state index in [-0.39, 0.29) is 37.8 Å². The van der Waals surface area contributed by atoms with Crippen molar-refractivity contribution in [1.29, 1.82) is 0 Å². The van der Waals surface area contributed by atoms with Crippen molar-refractivity contribution in [2.45, 2.75) is 33.4 Å². The van der Waals surface area contributed by atoms with E-state index in [1.807, 2.05) is 30.3 Å². The minimum Gasteiger partial charge on any atom is -0.496 e. The normalized spacial score (nSPS) is 10.5. The zero-order chi connectivity index (χ0) is 26.8. The molecule has 0 N–H and O–H groups in total. The third-order valence-electron chi connectivity index (χ3n) is 5.71. The van der Waals surface area contributed by atoms with E-state index in [0.717, 1.165) is 5.56 Å². The maximum Gasteiger partial charge on any atom is 0.410 e. The highest BCUT2D eigenvalue weighted by Gasteiger charge is 2.21. The van der Waals surface area contributed by atoms with E-state index in [9.17, 15) is 19.7 Å². The fourth-order valence-corrected chi connectivity index (χ4v) is 3.86. The number of carbonyl (C=O) groups excluding carboxylic acids is 2. The average Bonchev–Trinajstić information content (AvgIpc) is 2.90. The van der Waals surface area contributed by atoms with Gasteiger partial charge in [0.15, 0.2) is 0 Å². The van der Waals surface area contributed by atoms with Gasteiger partial charge in [0.05, 0.1) is 25.1 Å². The number of hydrogen-bond acceptors (Lipinski definition) is 7. The first kappa shape index (κ1) is 27.2. The number of hydrogen-bond donors (Lipinski definition) is 0. The van der Waals surface area contributed by atoms with Crippen LogP contribution >= 0.6 is 0 Å². The van der Waals surface area contributed by atoms with E-state index >= 15 is 0 Å². The summed E-state index contributed by atoms with van der Waals surface area (Å²) < 4.78 is 16.1. The number of esters is 1. The summed E-state index contributed by atoms with van der Waals surface area (Å²) >= 11 is 0. The van der Waals surface area contributed by atoms with Crippen molar-refractivity contribution in [3.8, 4) is 16.9 Å². The highest BCUT2D eigenvalue weighted by molar-refractivity contribution is 5.78. The number of carbonyl (C=O) groups is 2. The summed E-state index contributed by atoms with van der Waals surface area (Å²) in [6, 6.07) is 19.1. The van der Waals surface area contributed by atoms with Crippen molar-refractivity contribution in [3.05, 3.63) is 93.5 Å². The molecule has 0 aliphatic carbocycles. The van der Waals surface area contributed by atoms with E-state index in [0.29, 0.717) is 34.5 Å². The number of amides is 1. The Balaban J connectivity index is 1.95. The number of non-ortho nitro benzene ring substituents is 1. The first-order valence-corrected chi connectivity index (χ1v) is 11.9. The van der Waals surface area contributed by atoms with E-state index in [4.69, 9.17) is 14.2 Å². The van der Waals surface area contributed by atoms with Crippen LogP contribution in [0.1, 0.15) is 30.5 Å². The van der Waals surface area contributed by atoms with E-state index in [1.165, 1.54) is 24.1 Å². The molecule has 37 heavy (non-hydrogen) atoms. The number of ether oxygens (including phenoxy) is 3. The van der Waals surface area contributed by atoms with Crippen LogP contribution < -0.4 is 4.74 Å². The standard InChI is InChI=1S/C28H30N2O7/c1-4-29(28(32)37-19-20-9-7-6-8-10-20)18-22-17-23(30(33)34)12-13-24(22)25-15-21(11-14-26(25)35-3)16-27(31)36-5-2/h6-15,17H,4-5,16,18-19H2,1-3H3. The van der Waals surface area contributed by atoms with Gasteiger partial charge in [0.2, 0.25) is 0 Å². The molecule has 3 aromatic carbocycles. The van der Waals surface area contributed by atoms with Crippen LogP contribution in [0.25, 0.3) is 11.1 Å². The van der Waals surface area contributed by atoms with Crippen molar-refractivity contribution in [2.24, 2.45) is 0 Å². The van der Waals surface area contributed by atoms with Crippen LogP contribution in [0.2, 0.25) is 0 Å². The Morgan fingerprint density at radius 2 is 1.68 bits per heavy atom. The first-order chi connectivity index (χ1) is 17.9. The van der Waals surface area contributed by atoms with Crippen molar-refractivity contribution in [2.75, 3.05) is 20.3 Å². The maximum atomic E-state index is 12.9. The van der Waals surface area contributed by atoms with Gasteiger partial charge in [-0.25, -0.2) is 4.79 Å². The van der Waals surface area contributed by atoms with Gasteiger partial charge in [-0.15, -0.1) is 0 Å². The molecule has 0 aromatic heterocycles. The lowest BCUT2D eigenvalue weighted by atomic mass is 9.95. The summed E-state index contributed by atoms with van der Waals surface area (Å²) in [6.45, 7) is 4.34. The molecule has 194 valence electrons. The van der Waals surface area contributed by atoms with Crippen LogP contribution in [-0.4, -0.2) is 42.1 Å². The lowest BCUT2D eigenvalue weighted by molar-refractivity contribution is -0.384. The largest absolute Gasteiger partial charge is 0.496 e. The molecular weight excluding hydrogens is 476 g/mol. The second-order valence-electron chi connectivity index (χ2n) is 8.17. The highest BCUT2D eigenvalue weighted by atomic mass is 16.6. The molecule has 0 saturated carbocycles. The van der Waals surface area contributed by atoms with Crippen LogP contribution in [0, 0.1) is 10.1 Å². The fraction of sp³-hybridized carbons (Fsp3) is 0.286. The lowest BCUT2D eigenvalue weighted by Crippen LogP contribution is -2.31. The molecule has 0 saturated heterocycles. The van der Waals surface area contributed by atoms with Crippen LogP contribution in [0.5, 0.6) is 5.75 Å². The van der Waals surface area contributed by atoms with Crippen LogP contribution in [0.15, 0.2) is 66.7 Å². The minimum absolute atomic E-state index is 0.0695. The summed E-state index contributed by atoms with van der Waals surface area (Å²) in [5, 5.41) is 11.5. The second kappa shape index (κ2) is 13.1. The zero-order valence-electron chi connectivity index (χ0n) is 21.1. The highest BCUT2D eigenvalue weighted by Crippen LogP contribution is 2.36. The fourth-order valence-electron chi connectivity index (χ4n) is 3.86. The third kappa shape index (κ3) is 7.30. The summed E-state index contributed by atoms with van der Waals surface area (Å²) in [7, 11) is 1.52. The minimum atomic E-state index is -0.535. The zero-order valence-corrected chi connectivity index (χ0v) is 21.1. The molecular formula is C28H30N2O7. The van der Waals surface area contributed by atoms with Crippen LogP contribution in [0.3, 0.4) is 0 Å². The molecule has 1 amide bonds. The predicted molar refractivity (Wildman–Crippen MR) is 138 cm³/mol. The van der Waals surface area contributed by atoms with E-state index < -0.39 is 11.0 Å². The molecule has 9 nitrogen and oxygen atoms in total. The molecule has 0 spiro atoms. The Bertz CT molecular complexity index is 1240. The quantitative estimate of drug-likeness (QED) is 0.191. The average molecular weight is 507 g/mol. The molecule has 3 aromatic rings. The van der Waals surface area contributed by atoms with Gasteiger partial charge in [0.1, 0.15) is 12.4 Å². The van der Waals surface area contributed by atoms with Crippen LogP contribution in [-0.2, 0) is 33.8 Å². The van der Waals surface area contributed by atoms with Crippen LogP contribution in [0.4, 0.5) is 10.5 Å². The summed E-state index contributed by atoms with van der Waals surface area (Å²) in [5.74, 6) is 0.165. The number of rotatable bonds is 11. The van der Waals surface area contributed by atoms with E-state index in [2.05, 4.69) is 0 Å². The third-order valence-corrected chi connectivity index (χ3v) is 5.71. The first-order valence-electron chi connectivity index (χ1n) is 11.9. The number of nitro benzene ring substituents is 1. The van der Waals surface area contributed by atoms with Gasteiger partial charge < -0.3 is 19.1 Å². The predicted octanol–water partition coefficient (Wildman–Crippen LogP) is 5.53. The van der Waals surface area contributed by atoms with Crippen molar-refractivity contribution in [1.82, 2.24) is 4.90 Å². The SMILES string of the molecule is CCOC(=O)Cc1ccc(OC)c(-c2ccc([N+](=O)[O-])cc2CN(CC)C(=O)OCc2ccccc2)c1. The molecule has 0 fully saturated rings. The topological polar surface area (TPSA) is 108 Å². The van der Waals surface area contributed by atoms with Crippen molar-refractivity contribution >= 4 is 17.7 Å². The second-order valence-corrected chi connectivity index (χ2v) is 8.17. The Kier molecular flexibility index (Phi) is 9.60. The molecule has 0 aliphatic heterocycles. The maximum absolute atomic E-state index is 12.9. The lowest BCUT2D eigenvalue weighted by Gasteiger charge is -2.22. The van der Waals surface area contributed by atoms with Gasteiger partial charge in [-0.1, -0.05) is 36.4 Å². The number of benzene rings is 3.